The number of hydrogen-bond acceptors (Lipinski definition) is 14. The van der Waals surface area contributed by atoms with Gasteiger partial charge in [0.05, 0.1) is 25.7 Å². The standard InChI is InChI=1S/C63H117N2O17P/c1-5-8-11-14-17-20-21-22-24-28-33-38-43-76-44-39-34-29-25-26-31-36-41-46-78-60-56(64-50(4)67)63(81-52(48-66)58(60)82-83(73,74)75)79-49-53-57(70)59(77-45-40-35-30-19-16-13-10-7-3)55(61(80-53)62(71)72)65-54(69)47-51(68)42-37-32-27-23-18-15-12-9-6-2/h20-21,52-53,55-61,63,66,70H,5-19,22-49H2,1-4H3,(H,64,67)(H,65,69)(H,71,72)(H2,73,74,75)/b21-20-/t52-,53-,55-,56-,57-,58-,59-,60-,61+,63-/m1/s1. The number of aliphatic hydroxyl groups excluding tert-OH is 2. The molecule has 2 aliphatic rings. The number of aliphatic hydroxyl groups is 2. The summed E-state index contributed by atoms with van der Waals surface area (Å²) in [6.45, 7) is 8.25. The fourth-order valence-corrected chi connectivity index (χ4v) is 11.5. The van der Waals surface area contributed by atoms with E-state index in [2.05, 4.69) is 43.6 Å². The molecule has 2 rings (SSSR count). The van der Waals surface area contributed by atoms with Crippen molar-refractivity contribution >= 4 is 31.4 Å². The number of phosphoric ester groups is 1. The Morgan fingerprint density at radius 2 is 0.976 bits per heavy atom. The van der Waals surface area contributed by atoms with Gasteiger partial charge in [-0.25, -0.2) is 9.36 Å². The fraction of sp³-hybridized carbons (Fsp3) is 0.905. The molecule has 19 nitrogen and oxygen atoms in total. The molecule has 0 spiro atoms. The highest BCUT2D eigenvalue weighted by atomic mass is 31.2. The molecule has 10 atom stereocenters. The molecule has 0 bridgehead atoms. The average molecular weight is 1210 g/mol. The molecule has 83 heavy (non-hydrogen) atoms. The largest absolute Gasteiger partial charge is 0.479 e. The summed E-state index contributed by atoms with van der Waals surface area (Å²) >= 11 is 0. The van der Waals surface area contributed by atoms with E-state index in [0.29, 0.717) is 19.3 Å². The summed E-state index contributed by atoms with van der Waals surface area (Å²) in [5.41, 5.74) is 0. The van der Waals surface area contributed by atoms with Gasteiger partial charge in [0.15, 0.2) is 12.4 Å². The third kappa shape index (κ3) is 37.2. The number of nitrogens with one attached hydrogen (secondary N) is 2. The van der Waals surface area contributed by atoms with Crippen molar-refractivity contribution in [3.8, 4) is 0 Å². The number of unbranched alkanes of at least 4 members (excludes halogenated alkanes) is 30. The van der Waals surface area contributed by atoms with Crippen LogP contribution in [-0.4, -0.2) is 149 Å². The predicted molar refractivity (Wildman–Crippen MR) is 323 cm³/mol. The van der Waals surface area contributed by atoms with Gasteiger partial charge in [-0.15, -0.1) is 0 Å². The van der Waals surface area contributed by atoms with Gasteiger partial charge in [-0.1, -0.05) is 200 Å². The van der Waals surface area contributed by atoms with E-state index >= 15 is 0 Å². The van der Waals surface area contributed by atoms with Gasteiger partial charge in [0.25, 0.3) is 0 Å². The van der Waals surface area contributed by atoms with Crippen LogP contribution in [0.2, 0.25) is 0 Å². The number of Topliss-reactive ketones (excluding diaryl/α,β-unsaturated/α-hetero) is 1. The first kappa shape index (κ1) is 76.7. The van der Waals surface area contributed by atoms with Crippen LogP contribution in [0, 0.1) is 0 Å². The van der Waals surface area contributed by atoms with Gasteiger partial charge < -0.3 is 64.2 Å². The van der Waals surface area contributed by atoms with Crippen LogP contribution in [0.25, 0.3) is 0 Å². The quantitative estimate of drug-likeness (QED) is 0.0129. The van der Waals surface area contributed by atoms with Gasteiger partial charge in [-0.05, 0) is 57.8 Å². The summed E-state index contributed by atoms with van der Waals surface area (Å²) in [6.07, 6.45) is 30.2. The Morgan fingerprint density at radius 3 is 1.45 bits per heavy atom. The number of carboxylic acid groups (broad SMARTS) is 1. The Bertz CT molecular complexity index is 1720. The number of ether oxygens (including phenoxy) is 6. The third-order valence-corrected chi connectivity index (χ3v) is 16.2. The van der Waals surface area contributed by atoms with E-state index in [9.17, 15) is 48.8 Å². The highest BCUT2D eigenvalue weighted by Crippen LogP contribution is 2.42. The Kier molecular flexibility index (Phi) is 45.8. The van der Waals surface area contributed by atoms with E-state index in [1.807, 2.05) is 0 Å². The molecule has 0 saturated carbocycles. The van der Waals surface area contributed by atoms with Gasteiger partial charge >= 0.3 is 13.8 Å². The van der Waals surface area contributed by atoms with Crippen molar-refractivity contribution in [3.05, 3.63) is 12.2 Å². The van der Waals surface area contributed by atoms with Gasteiger partial charge in [-0.3, -0.25) is 18.9 Å². The number of hydrogen-bond donors (Lipinski definition) is 7. The molecular formula is C63H117N2O17P. The third-order valence-electron chi connectivity index (χ3n) is 15.7. The first-order valence-electron chi connectivity index (χ1n) is 32.9. The lowest BCUT2D eigenvalue weighted by Crippen LogP contribution is -2.68. The topological polar surface area (TPSA) is 275 Å². The Balaban J connectivity index is 2.02. The molecule has 0 aromatic heterocycles. The first-order valence-corrected chi connectivity index (χ1v) is 34.4. The van der Waals surface area contributed by atoms with Crippen LogP contribution in [0.15, 0.2) is 12.2 Å². The number of ketones is 1. The van der Waals surface area contributed by atoms with Gasteiger partial charge in [0, 0.05) is 39.8 Å². The zero-order valence-corrected chi connectivity index (χ0v) is 52.8. The van der Waals surface area contributed by atoms with E-state index in [0.717, 1.165) is 129 Å². The van der Waals surface area contributed by atoms with E-state index in [-0.39, 0.29) is 25.4 Å². The summed E-state index contributed by atoms with van der Waals surface area (Å²) in [5.74, 6) is -3.06. The molecular weight excluding hydrogens is 1090 g/mol. The maximum absolute atomic E-state index is 13.4. The molecule has 0 aromatic rings. The molecule has 0 aliphatic carbocycles. The molecule has 2 fully saturated rings. The summed E-state index contributed by atoms with van der Waals surface area (Å²) < 4.78 is 54.0. The van der Waals surface area contributed by atoms with E-state index in [1.54, 1.807) is 0 Å². The van der Waals surface area contributed by atoms with Crippen molar-refractivity contribution < 1.29 is 81.8 Å². The van der Waals surface area contributed by atoms with Crippen LogP contribution in [0.5, 0.6) is 0 Å². The normalized spacial score (nSPS) is 23.0. The fourth-order valence-electron chi connectivity index (χ4n) is 10.9. The van der Waals surface area contributed by atoms with Crippen molar-refractivity contribution in [3.63, 3.8) is 0 Å². The number of carbonyl (C=O) groups excluding carboxylic acids is 3. The van der Waals surface area contributed by atoms with Crippen molar-refractivity contribution in [2.75, 3.05) is 39.6 Å². The van der Waals surface area contributed by atoms with Crippen LogP contribution < -0.4 is 10.6 Å². The number of aliphatic carboxylic acids is 1. The molecule has 2 heterocycles. The number of amides is 2. The molecule has 2 amide bonds. The predicted octanol–water partition coefficient (Wildman–Crippen LogP) is 11.8. The minimum atomic E-state index is -5.22. The summed E-state index contributed by atoms with van der Waals surface area (Å²) in [6, 6.07) is -2.69. The maximum Gasteiger partial charge on any atom is 0.470 e. The van der Waals surface area contributed by atoms with Crippen molar-refractivity contribution in [2.24, 2.45) is 0 Å². The number of rotatable bonds is 55. The Labute approximate surface area is 500 Å². The first-order chi connectivity index (χ1) is 40.2. The van der Waals surface area contributed by atoms with Crippen molar-refractivity contribution in [1.82, 2.24) is 10.6 Å². The van der Waals surface area contributed by atoms with Crippen LogP contribution in [0.3, 0.4) is 0 Å². The lowest BCUT2D eigenvalue weighted by molar-refractivity contribution is -0.289. The SMILES string of the molecule is CCCCCC/C=C\CCCCCCOCCCCCCCCCCO[C@@H]1[C@@H](NC(C)=O)[C@H](OC[C@H]2O[C@H](C(=O)O)[C@H](NC(=O)CC(=O)CCCCCCCCCCC)[C@@H](OCCCCCCCCCC)[C@@H]2O)O[C@H](CO)[C@H]1OP(=O)(O)O. The number of carbonyl (C=O) groups is 4. The van der Waals surface area contributed by atoms with E-state index in [1.165, 1.54) is 96.8 Å². The lowest BCUT2D eigenvalue weighted by atomic mass is 9.91. The number of carboxylic acids is 1. The number of allylic oxidation sites excluding steroid dienone is 2. The van der Waals surface area contributed by atoms with Crippen LogP contribution >= 0.6 is 7.82 Å². The highest BCUT2D eigenvalue weighted by Gasteiger charge is 2.53. The molecule has 20 heteroatoms. The van der Waals surface area contributed by atoms with Crippen LogP contribution in [0.1, 0.15) is 265 Å². The minimum Gasteiger partial charge on any atom is -0.479 e. The summed E-state index contributed by atoms with van der Waals surface area (Å²) in [7, 11) is -5.22. The molecule has 7 N–H and O–H groups in total. The van der Waals surface area contributed by atoms with Crippen LogP contribution in [0.4, 0.5) is 0 Å². The maximum atomic E-state index is 13.4. The highest BCUT2D eigenvalue weighted by molar-refractivity contribution is 7.46. The molecule has 2 saturated heterocycles. The molecule has 2 aliphatic heterocycles. The zero-order chi connectivity index (χ0) is 60.8. The molecule has 0 aromatic carbocycles. The second-order valence-electron chi connectivity index (χ2n) is 23.3. The van der Waals surface area contributed by atoms with Crippen LogP contribution in [-0.2, 0) is 56.7 Å². The van der Waals surface area contributed by atoms with Crippen molar-refractivity contribution in [1.29, 1.82) is 0 Å². The van der Waals surface area contributed by atoms with Crippen molar-refractivity contribution in [2.45, 2.75) is 326 Å². The summed E-state index contributed by atoms with van der Waals surface area (Å²) in [5, 5.41) is 38.3. The Hall–Kier alpha value is -2.39. The van der Waals surface area contributed by atoms with Gasteiger partial charge in [-0.2, -0.15) is 0 Å². The lowest BCUT2D eigenvalue weighted by Gasteiger charge is -2.47. The monoisotopic (exact) mass is 1200 g/mol. The molecule has 0 radical (unpaired) electrons. The smallest absolute Gasteiger partial charge is 0.470 e. The average Bonchev–Trinajstić information content (AvgIpc) is 3.20. The second-order valence-corrected chi connectivity index (χ2v) is 24.5. The minimum absolute atomic E-state index is 0.0980. The van der Waals surface area contributed by atoms with Gasteiger partial charge in [0.2, 0.25) is 11.8 Å². The van der Waals surface area contributed by atoms with Gasteiger partial charge in [0.1, 0.15) is 48.4 Å². The van der Waals surface area contributed by atoms with E-state index in [4.69, 9.17) is 32.9 Å². The Morgan fingerprint density at radius 1 is 0.530 bits per heavy atom. The van der Waals surface area contributed by atoms with E-state index < -0.39 is 106 Å². The molecule has 486 valence electrons. The second kappa shape index (κ2) is 49.6. The summed E-state index contributed by atoms with van der Waals surface area (Å²) in [4.78, 5) is 72.0. The zero-order valence-electron chi connectivity index (χ0n) is 51.9. The number of phosphoric acid groups is 1. The molecule has 0 unspecified atom stereocenters.